The maximum atomic E-state index is 11.5. The number of aldehydes is 1. The van der Waals surface area contributed by atoms with E-state index < -0.39 is 10.0 Å². The van der Waals surface area contributed by atoms with E-state index in [9.17, 15) is 13.2 Å². The fourth-order valence-corrected chi connectivity index (χ4v) is 3.79. The quantitative estimate of drug-likeness (QED) is 0.721. The molecule has 2 rings (SSSR count). The first-order valence-corrected chi connectivity index (χ1v) is 8.76. The number of aromatic nitrogens is 1. The molecule has 0 bridgehead atoms. The molecule has 0 aliphatic carbocycles. The van der Waals surface area contributed by atoms with Crippen molar-refractivity contribution in [3.8, 4) is 0 Å². The molecule has 20 heavy (non-hydrogen) atoms. The standard InChI is InChI=1S/C11H17N3O4S2/c1-18-8-9-10(7-15)19-11(12-9)13-3-5-14(6-4-13)20(2,16)17/h7H,3-6,8H2,1-2H3. The summed E-state index contributed by atoms with van der Waals surface area (Å²) >= 11 is 1.31. The zero-order valence-electron chi connectivity index (χ0n) is 11.4. The van der Waals surface area contributed by atoms with Crippen LogP contribution in [0.3, 0.4) is 0 Å². The maximum Gasteiger partial charge on any atom is 0.211 e. The summed E-state index contributed by atoms with van der Waals surface area (Å²) < 4.78 is 29.4. The molecule has 1 fully saturated rings. The Labute approximate surface area is 122 Å². The average molecular weight is 319 g/mol. The summed E-state index contributed by atoms with van der Waals surface area (Å²) in [5, 5.41) is 0.743. The van der Waals surface area contributed by atoms with Gasteiger partial charge in [-0.15, -0.1) is 0 Å². The van der Waals surface area contributed by atoms with Gasteiger partial charge in [-0.05, 0) is 0 Å². The predicted octanol–water partition coefficient (Wildman–Crippen LogP) is 0.184. The molecule has 0 radical (unpaired) electrons. The van der Waals surface area contributed by atoms with Gasteiger partial charge in [-0.1, -0.05) is 11.3 Å². The van der Waals surface area contributed by atoms with Gasteiger partial charge in [-0.3, -0.25) is 4.79 Å². The van der Waals surface area contributed by atoms with Crippen LogP contribution >= 0.6 is 11.3 Å². The zero-order valence-corrected chi connectivity index (χ0v) is 13.0. The van der Waals surface area contributed by atoms with Crippen molar-refractivity contribution in [3.05, 3.63) is 10.6 Å². The summed E-state index contributed by atoms with van der Waals surface area (Å²) in [7, 11) is -1.58. The molecule has 1 saturated heterocycles. The molecule has 7 nitrogen and oxygen atoms in total. The molecular formula is C11H17N3O4S2. The molecule has 9 heteroatoms. The number of carbonyl (C=O) groups is 1. The third-order valence-corrected chi connectivity index (χ3v) is 5.47. The number of methoxy groups -OCH3 is 1. The van der Waals surface area contributed by atoms with Gasteiger partial charge in [0.2, 0.25) is 10.0 Å². The lowest BCUT2D eigenvalue weighted by Gasteiger charge is -2.32. The third kappa shape index (κ3) is 3.35. The van der Waals surface area contributed by atoms with Gasteiger partial charge in [0.05, 0.1) is 23.4 Å². The van der Waals surface area contributed by atoms with E-state index in [2.05, 4.69) is 4.98 Å². The molecule has 0 N–H and O–H groups in total. The average Bonchev–Trinajstić information content (AvgIpc) is 2.81. The second-order valence-corrected chi connectivity index (χ2v) is 7.50. The molecule has 0 spiro atoms. The third-order valence-electron chi connectivity index (χ3n) is 3.08. The topological polar surface area (TPSA) is 79.8 Å². The summed E-state index contributed by atoms with van der Waals surface area (Å²) in [6.45, 7) is 2.33. The lowest BCUT2D eigenvalue weighted by atomic mass is 10.4. The first kappa shape index (κ1) is 15.4. The fourth-order valence-electron chi connectivity index (χ4n) is 2.03. The highest BCUT2D eigenvalue weighted by atomic mass is 32.2. The monoisotopic (exact) mass is 319 g/mol. The number of thiazole rings is 1. The van der Waals surface area contributed by atoms with Crippen LogP contribution in [-0.4, -0.2) is 63.5 Å². The minimum Gasteiger partial charge on any atom is -0.378 e. The smallest absolute Gasteiger partial charge is 0.211 e. The number of carbonyl (C=O) groups excluding carboxylic acids is 1. The number of ether oxygens (including phenoxy) is 1. The molecular weight excluding hydrogens is 302 g/mol. The molecule has 0 saturated carbocycles. The first-order valence-electron chi connectivity index (χ1n) is 6.09. The van der Waals surface area contributed by atoms with Crippen LogP contribution in [-0.2, 0) is 21.4 Å². The van der Waals surface area contributed by atoms with Gasteiger partial charge < -0.3 is 9.64 Å². The van der Waals surface area contributed by atoms with Crippen LogP contribution in [0.1, 0.15) is 15.4 Å². The van der Waals surface area contributed by atoms with Gasteiger partial charge in [0.15, 0.2) is 11.4 Å². The SMILES string of the molecule is COCc1nc(N2CCN(S(C)(=O)=O)CC2)sc1C=O. The van der Waals surface area contributed by atoms with Crippen LogP contribution in [0.2, 0.25) is 0 Å². The highest BCUT2D eigenvalue weighted by Crippen LogP contribution is 2.26. The Balaban J connectivity index is 2.09. The van der Waals surface area contributed by atoms with Crippen LogP contribution in [0.15, 0.2) is 0 Å². The molecule has 1 aliphatic heterocycles. The van der Waals surface area contributed by atoms with E-state index in [0.717, 1.165) is 11.4 Å². The van der Waals surface area contributed by atoms with Crippen LogP contribution in [0.4, 0.5) is 5.13 Å². The Morgan fingerprint density at radius 3 is 2.50 bits per heavy atom. The fraction of sp³-hybridized carbons (Fsp3) is 0.636. The lowest BCUT2D eigenvalue weighted by Crippen LogP contribution is -2.48. The normalized spacial score (nSPS) is 17.4. The van der Waals surface area contributed by atoms with E-state index in [1.54, 1.807) is 7.11 Å². The molecule has 0 aromatic carbocycles. The van der Waals surface area contributed by atoms with Crippen molar-refractivity contribution in [2.24, 2.45) is 0 Å². The predicted molar refractivity (Wildman–Crippen MR) is 76.8 cm³/mol. The largest absolute Gasteiger partial charge is 0.378 e. The molecule has 0 atom stereocenters. The van der Waals surface area contributed by atoms with Gasteiger partial charge in [0.1, 0.15) is 0 Å². The van der Waals surface area contributed by atoms with Crippen molar-refractivity contribution in [2.75, 3.05) is 44.4 Å². The van der Waals surface area contributed by atoms with Crippen molar-refractivity contribution < 1.29 is 17.9 Å². The van der Waals surface area contributed by atoms with E-state index in [1.807, 2.05) is 4.90 Å². The molecule has 1 aliphatic rings. The second-order valence-electron chi connectivity index (χ2n) is 4.51. The molecule has 0 amide bonds. The summed E-state index contributed by atoms with van der Waals surface area (Å²) in [6.07, 6.45) is 2.00. The van der Waals surface area contributed by atoms with E-state index in [0.29, 0.717) is 43.4 Å². The van der Waals surface area contributed by atoms with Crippen molar-refractivity contribution in [2.45, 2.75) is 6.61 Å². The molecule has 1 aromatic rings. The van der Waals surface area contributed by atoms with Crippen molar-refractivity contribution in [3.63, 3.8) is 0 Å². The summed E-state index contributed by atoms with van der Waals surface area (Å²) in [5.74, 6) is 0. The number of nitrogens with zero attached hydrogens (tertiary/aromatic N) is 3. The number of sulfonamides is 1. The van der Waals surface area contributed by atoms with Crippen molar-refractivity contribution in [1.82, 2.24) is 9.29 Å². The Hall–Kier alpha value is -1.03. The molecule has 0 unspecified atom stereocenters. The summed E-state index contributed by atoms with van der Waals surface area (Å²) in [5.41, 5.74) is 0.632. The van der Waals surface area contributed by atoms with Crippen LogP contribution in [0.5, 0.6) is 0 Å². The number of rotatable bonds is 5. The van der Waals surface area contributed by atoms with Gasteiger partial charge in [-0.25, -0.2) is 13.4 Å². The molecule has 2 heterocycles. The molecule has 1 aromatic heterocycles. The second kappa shape index (κ2) is 6.17. The van der Waals surface area contributed by atoms with E-state index in [-0.39, 0.29) is 0 Å². The van der Waals surface area contributed by atoms with Crippen molar-refractivity contribution >= 4 is 32.8 Å². The van der Waals surface area contributed by atoms with E-state index >= 15 is 0 Å². The summed E-state index contributed by atoms with van der Waals surface area (Å²) in [4.78, 5) is 18.0. The Bertz CT molecular complexity index is 576. The summed E-state index contributed by atoms with van der Waals surface area (Å²) in [6, 6.07) is 0. The van der Waals surface area contributed by atoms with Gasteiger partial charge in [-0.2, -0.15) is 4.31 Å². The van der Waals surface area contributed by atoms with Crippen molar-refractivity contribution in [1.29, 1.82) is 0 Å². The van der Waals surface area contributed by atoms with Gasteiger partial charge in [0.25, 0.3) is 0 Å². The minimum atomic E-state index is -3.13. The first-order chi connectivity index (χ1) is 9.45. The minimum absolute atomic E-state index is 0.299. The highest BCUT2D eigenvalue weighted by molar-refractivity contribution is 7.88. The van der Waals surface area contributed by atoms with E-state index in [1.165, 1.54) is 21.9 Å². The van der Waals surface area contributed by atoms with Gasteiger partial charge >= 0.3 is 0 Å². The van der Waals surface area contributed by atoms with E-state index in [4.69, 9.17) is 4.74 Å². The Morgan fingerprint density at radius 1 is 1.35 bits per heavy atom. The zero-order chi connectivity index (χ0) is 14.8. The van der Waals surface area contributed by atoms with Crippen LogP contribution in [0, 0.1) is 0 Å². The number of piperazine rings is 1. The Kier molecular flexibility index (Phi) is 4.74. The number of anilines is 1. The molecule has 112 valence electrons. The van der Waals surface area contributed by atoms with Crippen LogP contribution in [0.25, 0.3) is 0 Å². The maximum absolute atomic E-state index is 11.5. The van der Waals surface area contributed by atoms with Gasteiger partial charge in [0, 0.05) is 33.3 Å². The lowest BCUT2D eigenvalue weighted by molar-refractivity contribution is 0.112. The van der Waals surface area contributed by atoms with Crippen LogP contribution < -0.4 is 4.90 Å². The Morgan fingerprint density at radius 2 is 2.00 bits per heavy atom. The number of hydrogen-bond acceptors (Lipinski definition) is 7. The number of hydrogen-bond donors (Lipinski definition) is 0. The highest BCUT2D eigenvalue weighted by Gasteiger charge is 2.25.